The molecule has 62 valence electrons. The van der Waals surface area contributed by atoms with Crippen molar-refractivity contribution in [2.75, 3.05) is 14.2 Å². The molecule has 0 aromatic carbocycles. The molecule has 0 unspecified atom stereocenters. The summed E-state index contributed by atoms with van der Waals surface area (Å²) in [4.78, 5) is 0. The molecule has 0 heterocycles. The van der Waals surface area contributed by atoms with E-state index in [1.165, 1.54) is 0 Å². The quantitative estimate of drug-likeness (QED) is 0.574. The van der Waals surface area contributed by atoms with Crippen LogP contribution in [0.2, 0.25) is 0 Å². The zero-order valence-corrected chi connectivity index (χ0v) is 6.96. The van der Waals surface area contributed by atoms with Crippen LogP contribution in [-0.4, -0.2) is 20.5 Å². The van der Waals surface area contributed by atoms with E-state index in [4.69, 9.17) is 14.7 Å². The third-order valence-electron chi connectivity index (χ3n) is 2.17. The second-order valence-electron chi connectivity index (χ2n) is 3.00. The molecule has 0 amide bonds. The highest BCUT2D eigenvalue weighted by atomic mass is 16.7. The van der Waals surface area contributed by atoms with Crippen LogP contribution in [0.5, 0.6) is 0 Å². The second-order valence-corrected chi connectivity index (χ2v) is 3.00. The van der Waals surface area contributed by atoms with Crippen LogP contribution in [0.15, 0.2) is 0 Å². The maximum Gasteiger partial charge on any atom is 0.158 e. The number of nitriles is 1. The predicted molar refractivity (Wildman–Crippen MR) is 39.7 cm³/mol. The highest BCUT2D eigenvalue weighted by molar-refractivity contribution is 5.09. The smallest absolute Gasteiger partial charge is 0.158 e. The summed E-state index contributed by atoms with van der Waals surface area (Å²) < 4.78 is 10.0. The molecule has 0 N–H and O–H groups in total. The lowest BCUT2D eigenvalue weighted by Crippen LogP contribution is -2.17. The Kier molecular flexibility index (Phi) is 2.48. The standard InChI is InChI=1S/C8H13NO2/c1-10-7(11-2)5-8(6-9)3-4-8/h7H,3-5H2,1-2H3. The van der Waals surface area contributed by atoms with E-state index in [0.717, 1.165) is 12.8 Å². The van der Waals surface area contributed by atoms with E-state index >= 15 is 0 Å². The van der Waals surface area contributed by atoms with Crippen molar-refractivity contribution in [1.29, 1.82) is 5.26 Å². The molecule has 1 rings (SSSR count). The van der Waals surface area contributed by atoms with Gasteiger partial charge in [-0.3, -0.25) is 0 Å². The van der Waals surface area contributed by atoms with Crippen molar-refractivity contribution in [3.8, 4) is 6.07 Å². The maximum atomic E-state index is 8.74. The molecule has 0 aliphatic heterocycles. The summed E-state index contributed by atoms with van der Waals surface area (Å²) in [6.07, 6.45) is 2.48. The fraction of sp³-hybridized carbons (Fsp3) is 0.875. The van der Waals surface area contributed by atoms with Gasteiger partial charge in [0.15, 0.2) is 6.29 Å². The van der Waals surface area contributed by atoms with Gasteiger partial charge in [0.2, 0.25) is 0 Å². The Morgan fingerprint density at radius 3 is 2.27 bits per heavy atom. The van der Waals surface area contributed by atoms with Gasteiger partial charge in [0.25, 0.3) is 0 Å². The summed E-state index contributed by atoms with van der Waals surface area (Å²) in [5.74, 6) is 0. The molecule has 3 nitrogen and oxygen atoms in total. The molecule has 1 saturated carbocycles. The summed E-state index contributed by atoms with van der Waals surface area (Å²) in [6.45, 7) is 0. The van der Waals surface area contributed by atoms with Gasteiger partial charge in [0.1, 0.15) is 0 Å². The van der Waals surface area contributed by atoms with Crippen LogP contribution in [0.3, 0.4) is 0 Å². The van der Waals surface area contributed by atoms with Crippen LogP contribution in [0.4, 0.5) is 0 Å². The first-order chi connectivity index (χ1) is 5.26. The van der Waals surface area contributed by atoms with Gasteiger partial charge in [-0.15, -0.1) is 0 Å². The molecule has 1 aliphatic carbocycles. The van der Waals surface area contributed by atoms with E-state index in [0.29, 0.717) is 6.42 Å². The normalized spacial score (nSPS) is 19.8. The van der Waals surface area contributed by atoms with Gasteiger partial charge in [-0.05, 0) is 12.8 Å². The Bertz CT molecular complexity index is 165. The number of rotatable bonds is 4. The van der Waals surface area contributed by atoms with E-state index in [1.807, 2.05) is 0 Å². The van der Waals surface area contributed by atoms with E-state index in [-0.39, 0.29) is 11.7 Å². The zero-order valence-electron chi connectivity index (χ0n) is 6.96. The van der Waals surface area contributed by atoms with E-state index < -0.39 is 0 Å². The van der Waals surface area contributed by atoms with Crippen molar-refractivity contribution in [2.24, 2.45) is 5.41 Å². The minimum atomic E-state index is -0.211. The van der Waals surface area contributed by atoms with Crippen LogP contribution in [0.1, 0.15) is 19.3 Å². The Morgan fingerprint density at radius 2 is 2.00 bits per heavy atom. The summed E-state index contributed by atoms with van der Waals surface area (Å²) in [7, 11) is 3.20. The van der Waals surface area contributed by atoms with Gasteiger partial charge in [-0.1, -0.05) is 0 Å². The van der Waals surface area contributed by atoms with Crippen LogP contribution >= 0.6 is 0 Å². The molecule has 1 aliphatic rings. The Labute approximate surface area is 66.9 Å². The molecule has 1 fully saturated rings. The lowest BCUT2D eigenvalue weighted by atomic mass is 10.1. The topological polar surface area (TPSA) is 42.2 Å². The minimum absolute atomic E-state index is 0.128. The lowest BCUT2D eigenvalue weighted by Gasteiger charge is -2.15. The molecule has 3 heteroatoms. The van der Waals surface area contributed by atoms with Gasteiger partial charge in [0, 0.05) is 20.6 Å². The maximum absolute atomic E-state index is 8.74. The highest BCUT2D eigenvalue weighted by Crippen LogP contribution is 2.49. The van der Waals surface area contributed by atoms with Crippen LogP contribution in [-0.2, 0) is 9.47 Å². The lowest BCUT2D eigenvalue weighted by molar-refractivity contribution is -0.112. The van der Waals surface area contributed by atoms with Crippen LogP contribution < -0.4 is 0 Å². The largest absolute Gasteiger partial charge is 0.356 e. The third kappa shape index (κ3) is 1.92. The Balaban J connectivity index is 2.35. The first-order valence-electron chi connectivity index (χ1n) is 3.73. The number of ether oxygens (including phenoxy) is 2. The van der Waals surface area contributed by atoms with Gasteiger partial charge >= 0.3 is 0 Å². The molecule has 0 spiro atoms. The van der Waals surface area contributed by atoms with Crippen LogP contribution in [0.25, 0.3) is 0 Å². The first kappa shape index (κ1) is 8.51. The average molecular weight is 155 g/mol. The number of methoxy groups -OCH3 is 2. The summed E-state index contributed by atoms with van der Waals surface area (Å²) in [5, 5.41) is 8.74. The summed E-state index contributed by atoms with van der Waals surface area (Å²) in [6, 6.07) is 2.29. The molecule has 0 radical (unpaired) electrons. The van der Waals surface area contributed by atoms with E-state index in [1.54, 1.807) is 14.2 Å². The Hall–Kier alpha value is -0.590. The van der Waals surface area contributed by atoms with Crippen LogP contribution in [0, 0.1) is 16.7 Å². The minimum Gasteiger partial charge on any atom is -0.356 e. The average Bonchev–Trinajstić information content (AvgIpc) is 2.81. The van der Waals surface area contributed by atoms with Crippen molar-refractivity contribution >= 4 is 0 Å². The highest BCUT2D eigenvalue weighted by Gasteiger charge is 2.45. The van der Waals surface area contributed by atoms with Crippen molar-refractivity contribution in [2.45, 2.75) is 25.6 Å². The molecule has 0 saturated heterocycles. The molecule has 11 heavy (non-hydrogen) atoms. The molecule has 0 aromatic rings. The van der Waals surface area contributed by atoms with Gasteiger partial charge < -0.3 is 9.47 Å². The van der Waals surface area contributed by atoms with Gasteiger partial charge in [-0.25, -0.2) is 0 Å². The number of nitrogens with zero attached hydrogens (tertiary/aromatic N) is 1. The van der Waals surface area contributed by atoms with Crippen molar-refractivity contribution in [1.82, 2.24) is 0 Å². The molecular weight excluding hydrogens is 142 g/mol. The van der Waals surface area contributed by atoms with Gasteiger partial charge in [0.05, 0.1) is 11.5 Å². The molecule has 0 bridgehead atoms. The van der Waals surface area contributed by atoms with E-state index in [9.17, 15) is 0 Å². The van der Waals surface area contributed by atoms with E-state index in [2.05, 4.69) is 6.07 Å². The molecular formula is C8H13NO2. The molecule has 0 aromatic heterocycles. The predicted octanol–water partition coefficient (Wildman–Crippen LogP) is 1.30. The number of hydrogen-bond donors (Lipinski definition) is 0. The zero-order chi connectivity index (χ0) is 8.32. The summed E-state index contributed by atoms with van der Waals surface area (Å²) >= 11 is 0. The monoisotopic (exact) mass is 155 g/mol. The summed E-state index contributed by atoms with van der Waals surface area (Å²) in [5.41, 5.74) is -0.128. The van der Waals surface area contributed by atoms with Crippen molar-refractivity contribution < 1.29 is 9.47 Å². The van der Waals surface area contributed by atoms with Crippen molar-refractivity contribution in [3.05, 3.63) is 0 Å². The third-order valence-corrected chi connectivity index (χ3v) is 2.17. The fourth-order valence-corrected chi connectivity index (χ4v) is 1.09. The molecule has 0 atom stereocenters. The fourth-order valence-electron chi connectivity index (χ4n) is 1.09. The van der Waals surface area contributed by atoms with Crippen molar-refractivity contribution in [3.63, 3.8) is 0 Å². The SMILES string of the molecule is COC(CC1(C#N)CC1)OC. The van der Waals surface area contributed by atoms with Gasteiger partial charge in [-0.2, -0.15) is 5.26 Å². The second kappa shape index (κ2) is 3.21. The number of hydrogen-bond acceptors (Lipinski definition) is 3. The first-order valence-corrected chi connectivity index (χ1v) is 3.73. The Morgan fingerprint density at radius 1 is 1.45 bits per heavy atom.